The number of allylic oxidation sites excluding steroid dienone is 1. The molecule has 0 aliphatic heterocycles. The smallest absolute Gasteiger partial charge is 0.417 e. The molecule has 6 N–H and O–H groups in total. The van der Waals surface area contributed by atoms with Gasteiger partial charge >= 0.3 is 6.18 Å². The fourth-order valence-electron chi connectivity index (χ4n) is 7.45. The number of halogens is 3. The zero-order valence-electron chi connectivity index (χ0n) is 25.7. The van der Waals surface area contributed by atoms with E-state index in [0.717, 1.165) is 25.3 Å². The first kappa shape index (κ1) is 33.0. The predicted octanol–water partition coefficient (Wildman–Crippen LogP) is 3.40. The van der Waals surface area contributed by atoms with Crippen molar-refractivity contribution in [3.8, 4) is 5.75 Å². The van der Waals surface area contributed by atoms with Gasteiger partial charge in [-0.05, 0) is 87.7 Å². The fourth-order valence-corrected chi connectivity index (χ4v) is 7.45. The summed E-state index contributed by atoms with van der Waals surface area (Å²) in [6, 6.07) is -0.290. The van der Waals surface area contributed by atoms with Gasteiger partial charge in [0, 0.05) is 24.6 Å². The molecule has 1 aromatic rings. The highest BCUT2D eigenvalue weighted by Gasteiger charge is 2.63. The first-order valence-electron chi connectivity index (χ1n) is 15.2. The van der Waals surface area contributed by atoms with Crippen LogP contribution >= 0.6 is 0 Å². The maximum atomic E-state index is 14.9. The highest BCUT2D eigenvalue weighted by Crippen LogP contribution is 2.54. The number of nitrogens with zero attached hydrogens (tertiary/aromatic N) is 2. The van der Waals surface area contributed by atoms with E-state index in [0.29, 0.717) is 24.9 Å². The van der Waals surface area contributed by atoms with Crippen LogP contribution in [0.15, 0.2) is 28.7 Å². The van der Waals surface area contributed by atoms with Crippen molar-refractivity contribution in [1.29, 1.82) is 0 Å². The lowest BCUT2D eigenvalue weighted by Crippen LogP contribution is -2.63. The number of hydrogen-bond acceptors (Lipinski definition) is 9. The number of Topliss-reactive ketones (excluding diaryl/α,β-unsaturated/α-hetero) is 2. The molecule has 246 valence electrons. The number of alkyl halides is 3. The number of carbonyl (C=O) groups excluding carboxylic acids is 3. The topological polar surface area (TPSA) is 165 Å². The number of phenolic OH excluding ortho intramolecular Hbond substituents is 1. The van der Waals surface area contributed by atoms with Gasteiger partial charge in [-0.1, -0.05) is 13.8 Å². The Kier molecular flexibility index (Phi) is 8.37. The summed E-state index contributed by atoms with van der Waals surface area (Å²) >= 11 is 0. The van der Waals surface area contributed by atoms with Crippen molar-refractivity contribution in [3.05, 3.63) is 51.0 Å². The Bertz CT molecular complexity index is 1510. The Hall–Kier alpha value is -3.42. The summed E-state index contributed by atoms with van der Waals surface area (Å²) in [7, 11) is 2.96. The normalized spacial score (nSPS) is 27.0. The Morgan fingerprint density at radius 2 is 1.80 bits per heavy atom. The number of benzene rings is 1. The number of carbonyl (C=O) groups is 3. The maximum Gasteiger partial charge on any atom is 0.417 e. The number of aliphatic hydroxyl groups is 3. The van der Waals surface area contributed by atoms with Crippen molar-refractivity contribution in [2.45, 2.75) is 70.3 Å². The van der Waals surface area contributed by atoms with Crippen LogP contribution in [0.25, 0.3) is 0 Å². The van der Waals surface area contributed by atoms with Gasteiger partial charge in [0.25, 0.3) is 5.91 Å². The minimum absolute atomic E-state index is 0.0835. The average Bonchev–Trinajstić information content (AvgIpc) is 3.72. The zero-order valence-corrected chi connectivity index (χ0v) is 25.7. The van der Waals surface area contributed by atoms with Crippen LogP contribution in [0.5, 0.6) is 5.75 Å². The molecule has 0 aromatic heterocycles. The lowest BCUT2D eigenvalue weighted by Gasteiger charge is -2.50. The molecule has 5 rings (SSSR count). The van der Waals surface area contributed by atoms with Crippen LogP contribution in [0.2, 0.25) is 0 Å². The summed E-state index contributed by atoms with van der Waals surface area (Å²) in [5.41, 5.74) is -1.23. The number of phenols is 1. The lowest BCUT2D eigenvalue weighted by molar-refractivity contribution is -0.148. The van der Waals surface area contributed by atoms with Crippen molar-refractivity contribution < 1.29 is 48.0 Å². The van der Waals surface area contributed by atoms with Crippen molar-refractivity contribution in [3.63, 3.8) is 0 Å². The van der Waals surface area contributed by atoms with Gasteiger partial charge in [0.2, 0.25) is 5.78 Å². The van der Waals surface area contributed by atoms with E-state index in [1.54, 1.807) is 0 Å². The van der Waals surface area contributed by atoms with Crippen LogP contribution < -0.4 is 5.73 Å². The summed E-state index contributed by atoms with van der Waals surface area (Å²) in [5, 5.41) is 45.1. The van der Waals surface area contributed by atoms with Gasteiger partial charge in [-0.3, -0.25) is 24.2 Å². The number of hydrogen-bond donors (Lipinski definition) is 5. The van der Waals surface area contributed by atoms with Crippen molar-refractivity contribution in [2.75, 3.05) is 27.2 Å². The minimum atomic E-state index is -4.89. The van der Waals surface area contributed by atoms with Gasteiger partial charge in [0.1, 0.15) is 22.8 Å². The third-order valence-corrected chi connectivity index (χ3v) is 9.72. The van der Waals surface area contributed by atoms with Crippen LogP contribution in [0.1, 0.15) is 66.6 Å². The van der Waals surface area contributed by atoms with Gasteiger partial charge in [0.15, 0.2) is 11.4 Å². The molecule has 0 radical (unpaired) electrons. The molecule has 45 heavy (non-hydrogen) atoms. The molecule has 0 heterocycles. The molecular weight excluding hydrogens is 595 g/mol. The van der Waals surface area contributed by atoms with Crippen molar-refractivity contribution >= 4 is 17.5 Å². The summed E-state index contributed by atoms with van der Waals surface area (Å²) in [6.45, 7) is 5.16. The third-order valence-electron chi connectivity index (χ3n) is 9.72. The lowest BCUT2D eigenvalue weighted by atomic mass is 9.58. The van der Waals surface area contributed by atoms with Gasteiger partial charge < -0.3 is 26.2 Å². The van der Waals surface area contributed by atoms with Gasteiger partial charge in [0.05, 0.1) is 17.2 Å². The molecule has 1 amide bonds. The number of aromatic hydroxyl groups is 1. The second-order valence-corrected chi connectivity index (χ2v) is 13.6. The summed E-state index contributed by atoms with van der Waals surface area (Å²) in [5.74, 6) is -8.19. The highest BCUT2D eigenvalue weighted by atomic mass is 19.4. The second-order valence-electron chi connectivity index (χ2n) is 13.6. The van der Waals surface area contributed by atoms with E-state index >= 15 is 0 Å². The molecule has 0 bridgehead atoms. The molecule has 13 heteroatoms. The average molecular weight is 636 g/mol. The van der Waals surface area contributed by atoms with E-state index in [-0.39, 0.29) is 18.5 Å². The van der Waals surface area contributed by atoms with E-state index in [1.807, 2.05) is 18.7 Å². The van der Waals surface area contributed by atoms with Crippen molar-refractivity contribution in [2.24, 2.45) is 29.4 Å². The van der Waals surface area contributed by atoms with E-state index in [4.69, 9.17) is 5.73 Å². The van der Waals surface area contributed by atoms with Crippen LogP contribution in [-0.2, 0) is 28.7 Å². The fraction of sp³-hybridized carbons (Fsp3) is 0.594. The summed E-state index contributed by atoms with van der Waals surface area (Å²) in [4.78, 5) is 42.8. The Morgan fingerprint density at radius 1 is 1.16 bits per heavy atom. The van der Waals surface area contributed by atoms with Crippen LogP contribution in [0.3, 0.4) is 0 Å². The van der Waals surface area contributed by atoms with Crippen LogP contribution in [0, 0.1) is 23.7 Å². The van der Waals surface area contributed by atoms with Crippen molar-refractivity contribution in [1.82, 2.24) is 9.80 Å². The largest absolute Gasteiger partial charge is 0.510 e. The SMILES string of the molecule is CC(C)CCN(Cc1cc(O)c2c(c1C(F)(F)F)C[C@H]1C[C@H]3[C@H](N(C)C)C(O)=C(C(N)=O)C(=O)[C@@]3(O)C(O)=C1C2=O)CC1CC1. The highest BCUT2D eigenvalue weighted by molar-refractivity contribution is 6.24. The molecular formula is C32H40F3N3O7. The standard InChI is InChI=1S/C32H40F3N3O7/c1-14(2)7-8-38(12-15-5-6-15)13-17-11-20(39)22-18(24(17)32(33,34)35)9-16-10-19-25(37(3)4)27(41)23(30(36)44)29(43)31(19,45)28(42)21(16)26(22)40/h11,14-16,19,25,39,41-42,45H,5-10,12-13H2,1-4H3,(H2,36,44)/t16-,19-,25-,31-/m0/s1. The molecule has 0 saturated heterocycles. The molecule has 4 aliphatic rings. The number of ketones is 2. The number of rotatable bonds is 9. The molecule has 1 saturated carbocycles. The number of fused-ring (bicyclic) bond motifs is 3. The first-order chi connectivity index (χ1) is 20.9. The Labute approximate surface area is 259 Å². The number of amides is 1. The second kappa shape index (κ2) is 11.4. The quantitative estimate of drug-likeness (QED) is 0.256. The molecule has 0 spiro atoms. The summed E-state index contributed by atoms with van der Waals surface area (Å²) < 4.78 is 44.7. The van der Waals surface area contributed by atoms with Gasteiger partial charge in [-0.2, -0.15) is 13.2 Å². The monoisotopic (exact) mass is 635 g/mol. The van der Waals surface area contributed by atoms with E-state index in [1.165, 1.54) is 19.0 Å². The van der Waals surface area contributed by atoms with Gasteiger partial charge in [-0.15, -0.1) is 0 Å². The van der Waals surface area contributed by atoms with Crippen LogP contribution in [0.4, 0.5) is 13.2 Å². The van der Waals surface area contributed by atoms with Crippen LogP contribution in [-0.4, -0.2) is 86.5 Å². The third kappa shape index (κ3) is 5.52. The number of nitrogens with two attached hydrogens (primary N) is 1. The predicted molar refractivity (Wildman–Crippen MR) is 156 cm³/mol. The molecule has 1 fully saturated rings. The van der Waals surface area contributed by atoms with E-state index in [2.05, 4.69) is 0 Å². The number of aliphatic hydroxyl groups excluding tert-OH is 2. The zero-order chi connectivity index (χ0) is 33.3. The number of likely N-dealkylation sites (N-methyl/N-ethyl adjacent to an activating group) is 1. The maximum absolute atomic E-state index is 14.9. The molecule has 10 nitrogen and oxygen atoms in total. The number of primary amides is 1. The van der Waals surface area contributed by atoms with E-state index < -0.39 is 98.7 Å². The molecule has 4 atom stereocenters. The summed E-state index contributed by atoms with van der Waals surface area (Å²) in [6.07, 6.45) is -2.84. The molecule has 4 aliphatic carbocycles. The molecule has 0 unspecified atom stereocenters. The Balaban J connectivity index is 1.65. The Morgan fingerprint density at radius 3 is 2.33 bits per heavy atom. The molecule has 1 aromatic carbocycles. The first-order valence-corrected chi connectivity index (χ1v) is 15.2. The van der Waals surface area contributed by atoms with E-state index in [9.17, 15) is 48.0 Å². The minimum Gasteiger partial charge on any atom is -0.510 e. The van der Waals surface area contributed by atoms with Gasteiger partial charge in [-0.25, -0.2) is 0 Å².